The minimum absolute atomic E-state index is 0.000878. The summed E-state index contributed by atoms with van der Waals surface area (Å²) in [6.45, 7) is 5.14. The van der Waals surface area contributed by atoms with Crippen LogP contribution in [0.5, 0.6) is 0 Å². The normalized spacial score (nSPS) is 12.9. The monoisotopic (exact) mass is 528 g/mol. The van der Waals surface area contributed by atoms with Crippen molar-refractivity contribution < 1.29 is 26.7 Å². The topological polar surface area (TPSA) is 127 Å². The second-order valence-corrected chi connectivity index (χ2v) is 11.1. The number of amides is 1. The van der Waals surface area contributed by atoms with E-state index in [-0.39, 0.29) is 11.3 Å². The van der Waals surface area contributed by atoms with E-state index in [1.807, 2.05) is 0 Å². The molecule has 4 N–H and O–H groups in total. The zero-order chi connectivity index (χ0) is 27.0. The number of carbonyl (C=O) groups excluding carboxylic acids is 1. The molecule has 2 aromatic carbocycles. The van der Waals surface area contributed by atoms with Gasteiger partial charge in [0.15, 0.2) is 0 Å². The van der Waals surface area contributed by atoms with Crippen molar-refractivity contribution in [2.24, 2.45) is 5.14 Å². The number of rotatable bonds is 6. The third-order valence-corrected chi connectivity index (χ3v) is 6.37. The molecule has 2 aromatic heterocycles. The molecule has 0 spiro atoms. The molecule has 194 valence electrons. The van der Waals surface area contributed by atoms with E-state index >= 15 is 0 Å². The number of sulfonamides is 1. The molecular formula is C26H26F2N4O4S. The average molecular weight is 529 g/mol. The predicted molar refractivity (Wildman–Crippen MR) is 135 cm³/mol. The molecule has 2 heterocycles. The maximum absolute atomic E-state index is 14.0. The summed E-state index contributed by atoms with van der Waals surface area (Å²) in [6, 6.07) is 11.7. The van der Waals surface area contributed by atoms with Crippen molar-refractivity contribution in [2.45, 2.75) is 43.7 Å². The summed E-state index contributed by atoms with van der Waals surface area (Å²) in [5.74, 6) is -1.50. The number of nitrogens with zero attached hydrogens (tertiary/aromatic N) is 1. The Balaban J connectivity index is 1.85. The summed E-state index contributed by atoms with van der Waals surface area (Å²) in [5.41, 5.74) is 2.35. The first-order valence-corrected chi connectivity index (χ1v) is 12.9. The van der Waals surface area contributed by atoms with Crippen molar-refractivity contribution >= 4 is 27.1 Å². The number of nitrogens with one attached hydrogen (secondary N) is 2. The lowest BCUT2D eigenvalue weighted by Gasteiger charge is -2.25. The number of ether oxygens (including phenoxy) is 1. The third kappa shape index (κ3) is 6.49. The number of alkyl carbamates (subject to hydrolysis) is 1. The Hall–Kier alpha value is -3.83. The van der Waals surface area contributed by atoms with Gasteiger partial charge >= 0.3 is 6.09 Å². The van der Waals surface area contributed by atoms with Gasteiger partial charge in [-0.2, -0.15) is 0 Å². The number of carbonyl (C=O) groups is 1. The number of H-pyrrole nitrogens is 1. The Morgan fingerprint density at radius 1 is 1.08 bits per heavy atom. The SMILES string of the molecule is CC(C)(C)OC(=O)N[C@@H](Cc1cc(F)cc(F)c1)c1nc2cc[nH]c2cc1-c1ccc(S(N)(=O)=O)cc1. The number of nitrogens with two attached hydrogens (primary N) is 1. The largest absolute Gasteiger partial charge is 0.444 e. The zero-order valence-electron chi connectivity index (χ0n) is 20.4. The van der Waals surface area contributed by atoms with E-state index in [1.54, 1.807) is 51.2 Å². The number of pyridine rings is 1. The van der Waals surface area contributed by atoms with Crippen LogP contribution >= 0.6 is 0 Å². The van der Waals surface area contributed by atoms with Gasteiger partial charge in [0.05, 0.1) is 27.7 Å². The highest BCUT2D eigenvalue weighted by molar-refractivity contribution is 7.89. The van der Waals surface area contributed by atoms with E-state index in [0.717, 1.165) is 6.07 Å². The van der Waals surface area contributed by atoms with Crippen LogP contribution in [0.15, 0.2) is 65.7 Å². The van der Waals surface area contributed by atoms with Crippen LogP contribution in [-0.2, 0) is 21.2 Å². The number of hydrogen-bond acceptors (Lipinski definition) is 5. The van der Waals surface area contributed by atoms with Gasteiger partial charge in [0.25, 0.3) is 0 Å². The van der Waals surface area contributed by atoms with E-state index in [1.165, 1.54) is 24.3 Å². The lowest BCUT2D eigenvalue weighted by Crippen LogP contribution is -2.36. The molecule has 0 unspecified atom stereocenters. The molecule has 37 heavy (non-hydrogen) atoms. The average Bonchev–Trinajstić information content (AvgIpc) is 3.23. The maximum Gasteiger partial charge on any atom is 0.408 e. The molecule has 1 atom stereocenters. The molecular weight excluding hydrogens is 502 g/mol. The summed E-state index contributed by atoms with van der Waals surface area (Å²) < 4.78 is 56.8. The van der Waals surface area contributed by atoms with Crippen LogP contribution in [0.2, 0.25) is 0 Å². The van der Waals surface area contributed by atoms with Gasteiger partial charge in [0.1, 0.15) is 17.2 Å². The molecule has 0 bridgehead atoms. The molecule has 0 radical (unpaired) electrons. The zero-order valence-corrected chi connectivity index (χ0v) is 21.2. The first kappa shape index (κ1) is 26.2. The molecule has 4 aromatic rings. The van der Waals surface area contributed by atoms with Crippen molar-refractivity contribution in [3.63, 3.8) is 0 Å². The fourth-order valence-corrected chi connectivity index (χ4v) is 4.46. The number of aromatic amines is 1. The molecule has 11 heteroatoms. The van der Waals surface area contributed by atoms with Crippen LogP contribution in [0.25, 0.3) is 22.2 Å². The number of aromatic nitrogens is 2. The van der Waals surface area contributed by atoms with E-state index in [0.29, 0.717) is 33.4 Å². The minimum Gasteiger partial charge on any atom is -0.444 e. The fraction of sp³-hybridized carbons (Fsp3) is 0.231. The lowest BCUT2D eigenvalue weighted by molar-refractivity contribution is 0.0502. The molecule has 0 saturated heterocycles. The minimum atomic E-state index is -3.90. The summed E-state index contributed by atoms with van der Waals surface area (Å²) in [4.78, 5) is 20.5. The number of fused-ring (bicyclic) bond motifs is 1. The van der Waals surface area contributed by atoms with Crippen molar-refractivity contribution in [3.05, 3.63) is 83.7 Å². The van der Waals surface area contributed by atoms with Gasteiger partial charge in [0.2, 0.25) is 10.0 Å². The standard InChI is InChI=1S/C26H26F2N4O4S/c1-26(2,3)36-25(33)32-23(12-15-10-17(27)13-18(28)11-15)24-20(14-22-21(31-24)8-9-30-22)16-4-6-19(7-5-16)37(29,34)35/h4-11,13-14,23,30H,12H2,1-3H3,(H,32,33)(H2,29,34,35)/t23-/m0/s1. The highest BCUT2D eigenvalue weighted by Crippen LogP contribution is 2.32. The van der Waals surface area contributed by atoms with Gasteiger partial charge in [-0.05, 0) is 74.7 Å². The van der Waals surface area contributed by atoms with Crippen LogP contribution < -0.4 is 10.5 Å². The van der Waals surface area contributed by atoms with Crippen LogP contribution in [0.3, 0.4) is 0 Å². The Labute approximate surface area is 212 Å². The summed E-state index contributed by atoms with van der Waals surface area (Å²) in [6.07, 6.45) is 0.966. The van der Waals surface area contributed by atoms with Gasteiger partial charge in [-0.15, -0.1) is 0 Å². The first-order valence-electron chi connectivity index (χ1n) is 11.3. The Kier molecular flexibility index (Phi) is 7.03. The smallest absolute Gasteiger partial charge is 0.408 e. The Morgan fingerprint density at radius 3 is 2.32 bits per heavy atom. The number of halogens is 2. The van der Waals surface area contributed by atoms with E-state index in [2.05, 4.69) is 10.3 Å². The number of primary sulfonamides is 1. The van der Waals surface area contributed by atoms with E-state index in [4.69, 9.17) is 14.9 Å². The van der Waals surface area contributed by atoms with Gasteiger partial charge in [0, 0.05) is 17.8 Å². The van der Waals surface area contributed by atoms with Crippen LogP contribution in [0.1, 0.15) is 38.1 Å². The van der Waals surface area contributed by atoms with E-state index < -0.39 is 39.4 Å². The maximum atomic E-state index is 14.0. The van der Waals surface area contributed by atoms with Crippen molar-refractivity contribution in [1.29, 1.82) is 0 Å². The fourth-order valence-electron chi connectivity index (χ4n) is 3.95. The quantitative estimate of drug-likeness (QED) is 0.326. The van der Waals surface area contributed by atoms with Gasteiger partial charge in [-0.3, -0.25) is 0 Å². The predicted octanol–water partition coefficient (Wildman–Crippen LogP) is 4.96. The highest BCUT2D eigenvalue weighted by Gasteiger charge is 2.25. The molecule has 0 fully saturated rings. The second-order valence-electron chi connectivity index (χ2n) is 9.58. The van der Waals surface area contributed by atoms with Crippen molar-refractivity contribution in [1.82, 2.24) is 15.3 Å². The molecule has 1 amide bonds. The number of hydrogen-bond donors (Lipinski definition) is 3. The highest BCUT2D eigenvalue weighted by atomic mass is 32.2. The van der Waals surface area contributed by atoms with Crippen LogP contribution in [0.4, 0.5) is 13.6 Å². The van der Waals surface area contributed by atoms with Gasteiger partial charge in [-0.1, -0.05) is 12.1 Å². The van der Waals surface area contributed by atoms with Crippen molar-refractivity contribution in [3.8, 4) is 11.1 Å². The molecule has 0 aliphatic carbocycles. The Bertz CT molecular complexity index is 1540. The summed E-state index contributed by atoms with van der Waals surface area (Å²) in [5, 5.41) is 8.02. The van der Waals surface area contributed by atoms with Crippen LogP contribution in [0, 0.1) is 11.6 Å². The molecule has 8 nitrogen and oxygen atoms in total. The van der Waals surface area contributed by atoms with E-state index in [9.17, 15) is 22.0 Å². The second kappa shape index (κ2) is 9.91. The van der Waals surface area contributed by atoms with Crippen LogP contribution in [-0.4, -0.2) is 30.1 Å². The van der Waals surface area contributed by atoms with Gasteiger partial charge < -0.3 is 15.0 Å². The van der Waals surface area contributed by atoms with Crippen molar-refractivity contribution in [2.75, 3.05) is 0 Å². The van der Waals surface area contributed by atoms with Gasteiger partial charge in [-0.25, -0.2) is 32.1 Å². The third-order valence-electron chi connectivity index (χ3n) is 5.44. The molecule has 0 aliphatic heterocycles. The Morgan fingerprint density at radius 2 is 1.73 bits per heavy atom. The summed E-state index contributed by atoms with van der Waals surface area (Å²) in [7, 11) is -3.90. The number of benzene rings is 2. The molecule has 0 aliphatic rings. The molecule has 4 rings (SSSR count). The molecule has 0 saturated carbocycles. The first-order chi connectivity index (χ1) is 17.3. The summed E-state index contributed by atoms with van der Waals surface area (Å²) >= 11 is 0. The lowest BCUT2D eigenvalue weighted by atomic mass is 9.95.